The summed E-state index contributed by atoms with van der Waals surface area (Å²) in [5, 5.41) is 12.6. The Morgan fingerprint density at radius 1 is 0.243 bits per heavy atom. The van der Waals surface area contributed by atoms with Gasteiger partial charge < -0.3 is 9.11 Å². The molecule has 6 nitrogen and oxygen atoms in total. The maximum absolute atomic E-state index is 10.7. The normalized spacial score (nSPS) is 11.2. The van der Waals surface area contributed by atoms with Crippen molar-refractivity contribution in [2.24, 2.45) is 0 Å². The molecule has 0 amide bonds. The molecule has 0 N–H and O–H groups in total. The third-order valence-electron chi connectivity index (χ3n) is 9.70. The van der Waals surface area contributed by atoms with Crippen molar-refractivity contribution in [1.82, 2.24) is 0 Å². The molecule has 0 heterocycles. The molecule has 0 bridgehead atoms. The van der Waals surface area contributed by atoms with Crippen LogP contribution in [0, 0.1) is 0 Å². The van der Waals surface area contributed by atoms with Crippen LogP contribution in [0.25, 0.3) is 0 Å². The predicted molar refractivity (Wildman–Crippen MR) is 287 cm³/mol. The summed E-state index contributed by atoms with van der Waals surface area (Å²) in [6, 6.07) is 97.0. The van der Waals surface area contributed by atoms with Gasteiger partial charge in [0.2, 0.25) is 0 Å². The zero-order valence-electron chi connectivity index (χ0n) is 38.7. The van der Waals surface area contributed by atoms with Gasteiger partial charge in [-0.3, -0.25) is 0 Å². The molecular formula is C56H45F6O6P3PdS2. The van der Waals surface area contributed by atoms with Crippen molar-refractivity contribution in [3.63, 3.8) is 0 Å². The Kier molecular flexibility index (Phi) is 24.7. The van der Waals surface area contributed by atoms with Gasteiger partial charge in [-0.2, -0.15) is 26.3 Å². The summed E-state index contributed by atoms with van der Waals surface area (Å²) in [4.78, 5) is 0. The van der Waals surface area contributed by atoms with E-state index >= 15 is 0 Å². The minimum Gasteiger partial charge on any atom is -0.741 e. The smallest absolute Gasteiger partial charge is 0.741 e. The van der Waals surface area contributed by atoms with Gasteiger partial charge in [0.05, 0.1) is 0 Å². The van der Waals surface area contributed by atoms with Gasteiger partial charge in [0.1, 0.15) is 0 Å². The predicted octanol–water partition coefficient (Wildman–Crippen LogP) is 10.4. The second-order valence-electron chi connectivity index (χ2n) is 14.8. The molecular weight excluding hydrogens is 1150 g/mol. The molecule has 0 saturated carbocycles. The zero-order chi connectivity index (χ0) is 52.7. The van der Waals surface area contributed by atoms with Crippen molar-refractivity contribution in [1.29, 1.82) is 0 Å². The molecule has 0 aliphatic heterocycles. The summed E-state index contributed by atoms with van der Waals surface area (Å²) in [7, 11) is -13.5. The first-order valence-electron chi connectivity index (χ1n) is 21.8. The molecule has 18 heteroatoms. The molecule has 0 spiro atoms. The van der Waals surface area contributed by atoms with Gasteiger partial charge in [0, 0.05) is 0 Å². The van der Waals surface area contributed by atoms with Crippen LogP contribution in [-0.2, 0) is 40.7 Å². The van der Waals surface area contributed by atoms with Crippen LogP contribution in [0.1, 0.15) is 0 Å². The molecule has 0 aliphatic rings. The molecule has 384 valence electrons. The fourth-order valence-corrected chi connectivity index (χ4v) is 13.5. The first kappa shape index (κ1) is 60.9. The van der Waals surface area contributed by atoms with Crippen LogP contribution in [0.3, 0.4) is 0 Å². The molecule has 0 unspecified atom stereocenters. The van der Waals surface area contributed by atoms with Gasteiger partial charge >= 0.3 is 31.4 Å². The van der Waals surface area contributed by atoms with E-state index < -0.39 is 55.0 Å². The first-order chi connectivity index (χ1) is 34.8. The van der Waals surface area contributed by atoms with E-state index in [0.29, 0.717) is 0 Å². The summed E-state index contributed by atoms with van der Waals surface area (Å²) >= 11 is 0. The van der Waals surface area contributed by atoms with Crippen molar-refractivity contribution >= 4 is 91.7 Å². The Labute approximate surface area is 445 Å². The number of alkyl halides is 6. The van der Waals surface area contributed by atoms with Gasteiger partial charge in [-0.05, 0) is 71.5 Å². The molecule has 9 rings (SSSR count). The van der Waals surface area contributed by atoms with Crippen molar-refractivity contribution in [2.45, 2.75) is 11.0 Å². The number of hydrogen-bond acceptors (Lipinski definition) is 6. The molecule has 0 aromatic heterocycles. The first-order valence-corrected chi connectivity index (χ1v) is 28.6. The average molecular weight is 1190 g/mol. The standard InChI is InChI=1S/3C18H15P.2CHF3O3S.Pd/c3*1-4-10-16(11-5-1)19(17-12-6-2-7-13-17)18-14-8-3-9-15-18;2*2-1(3,4)8(5,6)7;/h3*1-15H;2*(H,5,6,7);/q;;;;;+2/p-2. The molecule has 74 heavy (non-hydrogen) atoms. The monoisotopic (exact) mass is 1190 g/mol. The van der Waals surface area contributed by atoms with Crippen LogP contribution < -0.4 is 47.7 Å². The van der Waals surface area contributed by atoms with Crippen molar-refractivity contribution < 1.29 is 72.7 Å². The molecule has 9 aromatic rings. The third-order valence-corrected chi connectivity index (χ3v) is 18.2. The van der Waals surface area contributed by atoms with E-state index in [1.807, 2.05) is 0 Å². The Morgan fingerprint density at radius 3 is 0.392 bits per heavy atom. The summed E-state index contributed by atoms with van der Waals surface area (Å²) in [6.07, 6.45) is 0. The molecule has 9 aromatic carbocycles. The van der Waals surface area contributed by atoms with Gasteiger partial charge in [-0.25, -0.2) is 16.8 Å². The molecule has 0 atom stereocenters. The van der Waals surface area contributed by atoms with Crippen LogP contribution in [0.5, 0.6) is 0 Å². The Balaban J connectivity index is 0.000000209. The fraction of sp³-hybridized carbons (Fsp3) is 0.0357. The van der Waals surface area contributed by atoms with E-state index in [2.05, 4.69) is 273 Å². The van der Waals surface area contributed by atoms with E-state index in [0.717, 1.165) is 0 Å². The van der Waals surface area contributed by atoms with Gasteiger partial charge in [0.25, 0.3) is 0 Å². The summed E-state index contributed by atoms with van der Waals surface area (Å²) in [5.41, 5.74) is -11.3. The van der Waals surface area contributed by atoms with E-state index in [1.165, 1.54) is 47.7 Å². The molecule has 0 saturated heterocycles. The van der Waals surface area contributed by atoms with Crippen LogP contribution in [0.15, 0.2) is 273 Å². The van der Waals surface area contributed by atoms with E-state index in [4.69, 9.17) is 25.9 Å². The zero-order valence-corrected chi connectivity index (χ0v) is 44.5. The van der Waals surface area contributed by atoms with Gasteiger partial charge in [0.15, 0.2) is 20.2 Å². The maximum Gasteiger partial charge on any atom is 2.00 e. The van der Waals surface area contributed by atoms with E-state index in [1.54, 1.807) is 0 Å². The second kappa shape index (κ2) is 30.0. The summed E-state index contributed by atoms with van der Waals surface area (Å²) < 4.78 is 118. The quantitative estimate of drug-likeness (QED) is 0.0468. The van der Waals surface area contributed by atoms with Gasteiger partial charge in [-0.1, -0.05) is 273 Å². The number of hydrogen-bond donors (Lipinski definition) is 0. The van der Waals surface area contributed by atoms with Crippen LogP contribution in [-0.4, -0.2) is 37.0 Å². The molecule has 0 radical (unpaired) electrons. The van der Waals surface area contributed by atoms with Crippen molar-refractivity contribution in [2.75, 3.05) is 0 Å². The summed E-state index contributed by atoms with van der Waals surface area (Å²) in [6.45, 7) is 0. The molecule has 0 aliphatic carbocycles. The Bertz CT molecular complexity index is 2580. The molecule has 0 fully saturated rings. The summed E-state index contributed by atoms with van der Waals surface area (Å²) in [5.74, 6) is 0. The minimum atomic E-state index is -6.09. The Hall–Kier alpha value is -5.67. The largest absolute Gasteiger partial charge is 2.00 e. The van der Waals surface area contributed by atoms with E-state index in [9.17, 15) is 26.3 Å². The SMILES string of the molecule is O=S(=O)([O-])C(F)(F)F.O=S(=O)([O-])C(F)(F)F.[Pd+2].c1ccc(P(c2ccccc2)c2ccccc2)cc1.c1ccc(P(c2ccccc2)c2ccccc2)cc1.c1ccc(P(c2ccccc2)c2ccccc2)cc1. The topological polar surface area (TPSA) is 114 Å². The van der Waals surface area contributed by atoms with Crippen LogP contribution in [0.2, 0.25) is 0 Å². The number of halogens is 6. The van der Waals surface area contributed by atoms with Crippen molar-refractivity contribution in [3.05, 3.63) is 273 Å². The van der Waals surface area contributed by atoms with E-state index in [-0.39, 0.29) is 20.4 Å². The van der Waals surface area contributed by atoms with Crippen LogP contribution >= 0.6 is 23.8 Å². The number of rotatable bonds is 9. The third kappa shape index (κ3) is 19.6. The minimum absolute atomic E-state index is 0. The van der Waals surface area contributed by atoms with Crippen molar-refractivity contribution in [3.8, 4) is 0 Å². The van der Waals surface area contributed by atoms with Gasteiger partial charge in [-0.15, -0.1) is 0 Å². The second-order valence-corrected chi connectivity index (χ2v) is 24.2. The maximum atomic E-state index is 10.7. The number of benzene rings is 9. The Morgan fingerprint density at radius 2 is 0.324 bits per heavy atom. The fourth-order valence-electron chi connectivity index (χ4n) is 6.54. The average Bonchev–Trinajstić information content (AvgIpc) is 3.39. The van der Waals surface area contributed by atoms with Crippen LogP contribution in [0.4, 0.5) is 26.3 Å².